The van der Waals surface area contributed by atoms with Gasteiger partial charge in [0, 0.05) is 34.7 Å². The first-order valence-electron chi connectivity index (χ1n) is 10.8. The van der Waals surface area contributed by atoms with Crippen molar-refractivity contribution in [2.75, 3.05) is 12.4 Å². The van der Waals surface area contributed by atoms with E-state index in [0.717, 1.165) is 38.4 Å². The normalized spacial score (nSPS) is 11.2. The van der Waals surface area contributed by atoms with Gasteiger partial charge in [-0.25, -0.2) is 0 Å². The van der Waals surface area contributed by atoms with Crippen molar-refractivity contribution in [3.63, 3.8) is 0 Å². The molecule has 35 heavy (non-hydrogen) atoms. The fourth-order valence-corrected chi connectivity index (χ4v) is 4.40. The van der Waals surface area contributed by atoms with Crippen LogP contribution < -0.4 is 10.1 Å². The third-order valence-electron chi connectivity index (χ3n) is 5.46. The highest BCUT2D eigenvalue weighted by Gasteiger charge is 2.14. The second-order valence-electron chi connectivity index (χ2n) is 7.83. The number of amides is 1. The molecule has 4 rings (SSSR count). The second kappa shape index (κ2) is 10.3. The number of methoxy groups -OCH3 is 1. The molecule has 1 amide bonds. The quantitative estimate of drug-likeness (QED) is 0.295. The monoisotopic (exact) mass is 484 g/mol. The molecule has 0 saturated carbocycles. The van der Waals surface area contributed by atoms with Gasteiger partial charge in [-0.05, 0) is 91.8 Å². The molecule has 8 nitrogen and oxygen atoms in total. The number of nitrogens with zero attached hydrogens (tertiary/aromatic N) is 5. The molecule has 0 atom stereocenters. The van der Waals surface area contributed by atoms with Crippen LogP contribution in [0.1, 0.15) is 17.0 Å². The summed E-state index contributed by atoms with van der Waals surface area (Å²) in [6, 6.07) is 19.1. The summed E-state index contributed by atoms with van der Waals surface area (Å²) in [5.74, 6) is 0.315. The summed E-state index contributed by atoms with van der Waals surface area (Å²) in [5, 5.41) is 21.2. The fraction of sp³-hybridized carbons (Fsp3) is 0.154. The van der Waals surface area contributed by atoms with E-state index in [4.69, 9.17) is 4.74 Å². The van der Waals surface area contributed by atoms with Gasteiger partial charge in [0.1, 0.15) is 23.7 Å². The summed E-state index contributed by atoms with van der Waals surface area (Å²) in [5.41, 5.74) is 4.33. The number of aromatic nitrogens is 4. The van der Waals surface area contributed by atoms with Crippen LogP contribution in [0.25, 0.3) is 11.8 Å². The molecule has 0 radical (unpaired) electrons. The number of anilines is 1. The van der Waals surface area contributed by atoms with E-state index in [1.807, 2.05) is 74.0 Å². The van der Waals surface area contributed by atoms with Gasteiger partial charge in [0.2, 0.25) is 0 Å². The minimum absolute atomic E-state index is 0.0255. The third kappa shape index (κ3) is 5.28. The molecule has 0 saturated heterocycles. The molecule has 9 heteroatoms. The summed E-state index contributed by atoms with van der Waals surface area (Å²) in [4.78, 5) is 13.8. The molecule has 0 aliphatic heterocycles. The van der Waals surface area contributed by atoms with Crippen LogP contribution in [0.4, 0.5) is 5.69 Å². The molecule has 176 valence electrons. The van der Waals surface area contributed by atoms with Gasteiger partial charge in [0.25, 0.3) is 5.91 Å². The molecule has 0 bridgehead atoms. The molecule has 2 aromatic heterocycles. The number of ether oxygens (including phenoxy) is 1. The van der Waals surface area contributed by atoms with Gasteiger partial charge < -0.3 is 19.2 Å². The molecule has 0 fully saturated rings. The van der Waals surface area contributed by atoms with E-state index in [1.54, 1.807) is 31.6 Å². The maximum Gasteiger partial charge on any atom is 0.266 e. The molecule has 0 unspecified atom stereocenters. The molecule has 0 spiro atoms. The molecular weight excluding hydrogens is 460 g/mol. The Morgan fingerprint density at radius 2 is 1.86 bits per heavy atom. The number of rotatable bonds is 7. The van der Waals surface area contributed by atoms with Crippen LogP contribution in [0.15, 0.2) is 76.5 Å². The van der Waals surface area contributed by atoms with E-state index in [1.165, 1.54) is 11.8 Å². The third-order valence-corrected chi connectivity index (χ3v) is 6.52. The average Bonchev–Trinajstić information content (AvgIpc) is 3.39. The smallest absolute Gasteiger partial charge is 0.266 e. The summed E-state index contributed by atoms with van der Waals surface area (Å²) < 4.78 is 9.15. The van der Waals surface area contributed by atoms with Gasteiger partial charge in [-0.1, -0.05) is 0 Å². The number of carbonyl (C=O) groups excluding carboxylic acids is 1. The Morgan fingerprint density at radius 3 is 2.46 bits per heavy atom. The van der Waals surface area contributed by atoms with Crippen molar-refractivity contribution in [3.05, 3.63) is 83.4 Å². The lowest BCUT2D eigenvalue weighted by molar-refractivity contribution is -0.112. The van der Waals surface area contributed by atoms with Crippen molar-refractivity contribution in [2.24, 2.45) is 7.05 Å². The standard InChI is InChI=1S/C26H24N6O2S/c1-17-13-19(18(2)32(17)22-7-9-23(34-4)10-8-22)14-20(15-27)25(33)29-21-5-11-24(12-6-21)35-26-30-28-16-31(26)3/h5-14,16H,1-4H3,(H,29,33)/b20-14+. The fourth-order valence-electron chi connectivity index (χ4n) is 3.64. The molecule has 4 aromatic rings. The van der Waals surface area contributed by atoms with Crippen LogP contribution >= 0.6 is 11.8 Å². The second-order valence-corrected chi connectivity index (χ2v) is 8.88. The summed E-state index contributed by atoms with van der Waals surface area (Å²) in [6.07, 6.45) is 3.26. The Labute approximate surface area is 207 Å². The molecule has 2 heterocycles. The van der Waals surface area contributed by atoms with Gasteiger partial charge in [0.05, 0.1) is 7.11 Å². The van der Waals surface area contributed by atoms with Gasteiger partial charge in [-0.2, -0.15) is 5.26 Å². The first kappa shape index (κ1) is 23.9. The van der Waals surface area contributed by atoms with Crippen molar-refractivity contribution < 1.29 is 9.53 Å². The van der Waals surface area contributed by atoms with Crippen molar-refractivity contribution in [3.8, 4) is 17.5 Å². The zero-order valence-electron chi connectivity index (χ0n) is 19.8. The lowest BCUT2D eigenvalue weighted by Gasteiger charge is -2.10. The minimum Gasteiger partial charge on any atom is -0.497 e. The van der Waals surface area contributed by atoms with Crippen molar-refractivity contribution >= 4 is 29.4 Å². The van der Waals surface area contributed by atoms with Crippen molar-refractivity contribution in [1.29, 1.82) is 5.26 Å². The van der Waals surface area contributed by atoms with Crippen LogP contribution in [-0.2, 0) is 11.8 Å². The van der Waals surface area contributed by atoms with E-state index in [9.17, 15) is 10.1 Å². The first-order chi connectivity index (χ1) is 16.9. The minimum atomic E-state index is -0.463. The largest absolute Gasteiger partial charge is 0.497 e. The lowest BCUT2D eigenvalue weighted by Crippen LogP contribution is -2.13. The highest BCUT2D eigenvalue weighted by molar-refractivity contribution is 7.99. The van der Waals surface area contributed by atoms with E-state index in [2.05, 4.69) is 20.1 Å². The van der Waals surface area contributed by atoms with Crippen LogP contribution in [0.5, 0.6) is 5.75 Å². The number of benzene rings is 2. The predicted octanol–water partition coefficient (Wildman–Crippen LogP) is 4.93. The topological polar surface area (TPSA) is 97.8 Å². The average molecular weight is 485 g/mol. The van der Waals surface area contributed by atoms with Crippen LogP contribution in [0, 0.1) is 25.2 Å². The molecule has 0 aliphatic rings. The number of nitrogens with one attached hydrogen (secondary N) is 1. The van der Waals surface area contributed by atoms with E-state index < -0.39 is 5.91 Å². The number of hydrogen-bond acceptors (Lipinski definition) is 6. The Bertz CT molecular complexity index is 1430. The van der Waals surface area contributed by atoms with Gasteiger partial charge >= 0.3 is 0 Å². The SMILES string of the molecule is COc1ccc(-n2c(C)cc(/C=C(\C#N)C(=O)Nc3ccc(Sc4nncn4C)cc3)c2C)cc1. The molecule has 0 aliphatic carbocycles. The maximum atomic E-state index is 12.8. The maximum absolute atomic E-state index is 12.8. The zero-order chi connectivity index (χ0) is 24.9. The number of nitriles is 1. The van der Waals surface area contributed by atoms with Crippen molar-refractivity contribution in [1.82, 2.24) is 19.3 Å². The number of hydrogen-bond donors (Lipinski definition) is 1. The molecule has 2 aromatic carbocycles. The van der Waals surface area contributed by atoms with E-state index >= 15 is 0 Å². The number of aryl methyl sites for hydroxylation is 2. The van der Waals surface area contributed by atoms with E-state index in [-0.39, 0.29) is 5.57 Å². The van der Waals surface area contributed by atoms with Gasteiger partial charge in [-0.3, -0.25) is 4.79 Å². The molecular formula is C26H24N6O2S. The Hall–Kier alpha value is -4.29. The summed E-state index contributed by atoms with van der Waals surface area (Å²) >= 11 is 1.47. The summed E-state index contributed by atoms with van der Waals surface area (Å²) in [6.45, 7) is 3.95. The number of carbonyl (C=O) groups is 1. The predicted molar refractivity (Wildman–Crippen MR) is 136 cm³/mol. The highest BCUT2D eigenvalue weighted by Crippen LogP contribution is 2.27. The van der Waals surface area contributed by atoms with Crippen molar-refractivity contribution in [2.45, 2.75) is 23.9 Å². The molecule has 1 N–H and O–H groups in total. The van der Waals surface area contributed by atoms with E-state index in [0.29, 0.717) is 5.69 Å². The van der Waals surface area contributed by atoms with Gasteiger partial charge in [0.15, 0.2) is 5.16 Å². The Balaban J connectivity index is 1.51. The van der Waals surface area contributed by atoms with Gasteiger partial charge in [-0.15, -0.1) is 10.2 Å². The Morgan fingerprint density at radius 1 is 1.14 bits per heavy atom. The van der Waals surface area contributed by atoms with Crippen LogP contribution in [-0.4, -0.2) is 32.3 Å². The highest BCUT2D eigenvalue weighted by atomic mass is 32.2. The zero-order valence-corrected chi connectivity index (χ0v) is 20.6. The van der Waals surface area contributed by atoms with Crippen LogP contribution in [0.2, 0.25) is 0 Å². The Kier molecular flexibility index (Phi) is 7.03. The lowest BCUT2D eigenvalue weighted by atomic mass is 10.1. The first-order valence-corrected chi connectivity index (χ1v) is 11.6. The summed E-state index contributed by atoms with van der Waals surface area (Å²) in [7, 11) is 3.51. The van der Waals surface area contributed by atoms with Crippen LogP contribution in [0.3, 0.4) is 0 Å².